The Morgan fingerprint density at radius 1 is 1.38 bits per heavy atom. The molecule has 1 radical (unpaired) electrons. The number of hydrogen-bond acceptors (Lipinski definition) is 1. The summed E-state index contributed by atoms with van der Waals surface area (Å²) in [6.45, 7) is 5.15. The number of nitrogens with zero attached hydrogens (tertiary/aromatic N) is 1. The zero-order chi connectivity index (χ0) is 5.98. The molecule has 1 amide bonds. The van der Waals surface area contributed by atoms with Gasteiger partial charge in [-0.05, 0) is 12.8 Å². The number of likely N-dealkylation sites (tertiary alicyclic amines) is 1. The van der Waals surface area contributed by atoms with Gasteiger partial charge in [0, 0.05) is 20.0 Å². The molecular formula is C6H10NO. The van der Waals surface area contributed by atoms with Crippen molar-refractivity contribution in [2.45, 2.75) is 12.8 Å². The van der Waals surface area contributed by atoms with Crippen LogP contribution in [-0.4, -0.2) is 23.9 Å². The average Bonchev–Trinajstić information content (AvgIpc) is 2.12. The molecule has 1 fully saturated rings. The third-order valence-corrected chi connectivity index (χ3v) is 1.46. The Bertz CT molecular complexity index is 94.7. The molecular weight excluding hydrogens is 102 g/mol. The maximum absolute atomic E-state index is 10.5. The smallest absolute Gasteiger partial charge is 0.223 e. The molecule has 1 aliphatic rings. The quantitative estimate of drug-likeness (QED) is 0.445. The second kappa shape index (κ2) is 2.16. The molecule has 0 aromatic carbocycles. The number of carbonyl (C=O) groups excluding carboxylic acids is 1. The van der Waals surface area contributed by atoms with Gasteiger partial charge in [0.05, 0.1) is 0 Å². The summed E-state index contributed by atoms with van der Waals surface area (Å²) in [5.41, 5.74) is 0. The molecule has 2 heteroatoms. The van der Waals surface area contributed by atoms with E-state index in [0.29, 0.717) is 0 Å². The lowest BCUT2D eigenvalue weighted by Crippen LogP contribution is -2.24. The van der Waals surface area contributed by atoms with Crippen LogP contribution in [0.15, 0.2) is 0 Å². The van der Waals surface area contributed by atoms with Crippen LogP contribution in [0.4, 0.5) is 0 Å². The normalized spacial score (nSPS) is 19.4. The standard InChI is InChI=1S/C6H10NO/c1-6(8)7-4-2-3-5-7/h1-5H2. The average molecular weight is 112 g/mol. The van der Waals surface area contributed by atoms with Gasteiger partial charge in [-0.15, -0.1) is 0 Å². The zero-order valence-electron chi connectivity index (χ0n) is 4.89. The second-order valence-corrected chi connectivity index (χ2v) is 2.09. The first-order chi connectivity index (χ1) is 3.80. The van der Waals surface area contributed by atoms with E-state index in [4.69, 9.17) is 0 Å². The van der Waals surface area contributed by atoms with Crippen molar-refractivity contribution in [3.63, 3.8) is 0 Å². The van der Waals surface area contributed by atoms with Crippen LogP contribution in [-0.2, 0) is 4.79 Å². The van der Waals surface area contributed by atoms with E-state index >= 15 is 0 Å². The maximum Gasteiger partial charge on any atom is 0.223 e. The lowest BCUT2D eigenvalue weighted by Gasteiger charge is -2.09. The third kappa shape index (κ3) is 0.997. The number of hydrogen-bond donors (Lipinski definition) is 0. The highest BCUT2D eigenvalue weighted by Crippen LogP contribution is 2.05. The number of amides is 1. The van der Waals surface area contributed by atoms with Gasteiger partial charge < -0.3 is 4.90 Å². The van der Waals surface area contributed by atoms with Crippen molar-refractivity contribution >= 4 is 5.91 Å². The van der Waals surface area contributed by atoms with Gasteiger partial charge in [0.2, 0.25) is 5.91 Å². The minimum Gasteiger partial charge on any atom is -0.343 e. The SMILES string of the molecule is [CH2]C(=O)N1CCCC1. The van der Waals surface area contributed by atoms with Crippen LogP contribution in [0.25, 0.3) is 0 Å². The highest BCUT2D eigenvalue weighted by atomic mass is 16.2. The van der Waals surface area contributed by atoms with Gasteiger partial charge in [0.1, 0.15) is 0 Å². The summed E-state index contributed by atoms with van der Waals surface area (Å²) in [6.07, 6.45) is 2.31. The molecule has 0 unspecified atom stereocenters. The minimum absolute atomic E-state index is 0.0255. The Kier molecular flexibility index (Phi) is 1.51. The fourth-order valence-electron chi connectivity index (χ4n) is 0.967. The van der Waals surface area contributed by atoms with Gasteiger partial charge in [-0.1, -0.05) is 0 Å². The van der Waals surface area contributed by atoms with E-state index in [0.717, 1.165) is 25.9 Å². The van der Waals surface area contributed by atoms with E-state index in [9.17, 15) is 4.79 Å². The van der Waals surface area contributed by atoms with E-state index in [1.807, 2.05) is 0 Å². The van der Waals surface area contributed by atoms with Crippen molar-refractivity contribution in [1.29, 1.82) is 0 Å². The molecule has 0 saturated carbocycles. The lowest BCUT2D eigenvalue weighted by atomic mass is 10.4. The lowest BCUT2D eigenvalue weighted by molar-refractivity contribution is -0.125. The summed E-state index contributed by atoms with van der Waals surface area (Å²) in [5, 5.41) is 0. The van der Waals surface area contributed by atoms with Gasteiger partial charge in [0.25, 0.3) is 0 Å². The largest absolute Gasteiger partial charge is 0.343 e. The Hall–Kier alpha value is -0.530. The van der Waals surface area contributed by atoms with Crippen LogP contribution in [0.5, 0.6) is 0 Å². The van der Waals surface area contributed by atoms with Crippen molar-refractivity contribution in [2.24, 2.45) is 0 Å². The Labute approximate surface area is 49.5 Å². The second-order valence-electron chi connectivity index (χ2n) is 2.09. The van der Waals surface area contributed by atoms with Crippen LogP contribution in [0.2, 0.25) is 0 Å². The highest BCUT2D eigenvalue weighted by Gasteiger charge is 2.12. The summed E-state index contributed by atoms with van der Waals surface area (Å²) < 4.78 is 0. The van der Waals surface area contributed by atoms with Crippen LogP contribution in [0, 0.1) is 6.92 Å². The summed E-state index contributed by atoms with van der Waals surface area (Å²) in [6, 6.07) is 0. The Morgan fingerprint density at radius 2 is 1.88 bits per heavy atom. The Morgan fingerprint density at radius 3 is 2.12 bits per heavy atom. The van der Waals surface area contributed by atoms with Gasteiger partial charge in [-0.3, -0.25) is 4.79 Å². The molecule has 1 rings (SSSR count). The summed E-state index contributed by atoms with van der Waals surface area (Å²) in [7, 11) is 0. The number of carbonyl (C=O) groups is 1. The highest BCUT2D eigenvalue weighted by molar-refractivity contribution is 5.80. The first-order valence-corrected chi connectivity index (χ1v) is 2.91. The minimum atomic E-state index is -0.0255. The molecule has 45 valence electrons. The van der Waals surface area contributed by atoms with Gasteiger partial charge in [0.15, 0.2) is 0 Å². The van der Waals surface area contributed by atoms with Crippen molar-refractivity contribution < 1.29 is 4.79 Å². The van der Waals surface area contributed by atoms with Crippen LogP contribution in [0.3, 0.4) is 0 Å². The molecule has 0 aliphatic carbocycles. The molecule has 1 heterocycles. The fourth-order valence-corrected chi connectivity index (χ4v) is 0.967. The van der Waals surface area contributed by atoms with E-state index in [2.05, 4.69) is 6.92 Å². The van der Waals surface area contributed by atoms with Gasteiger partial charge in [-0.2, -0.15) is 0 Å². The summed E-state index contributed by atoms with van der Waals surface area (Å²) in [5.74, 6) is -0.0255. The molecule has 2 nitrogen and oxygen atoms in total. The molecule has 1 saturated heterocycles. The predicted octanol–water partition coefficient (Wildman–Crippen LogP) is 0.443. The van der Waals surface area contributed by atoms with Crippen LogP contribution in [0.1, 0.15) is 12.8 Å². The molecule has 0 aromatic rings. The van der Waals surface area contributed by atoms with E-state index in [1.54, 1.807) is 4.90 Å². The third-order valence-electron chi connectivity index (χ3n) is 1.46. The Balaban J connectivity index is 2.35. The summed E-state index contributed by atoms with van der Waals surface area (Å²) in [4.78, 5) is 12.2. The first kappa shape index (κ1) is 5.60. The van der Waals surface area contributed by atoms with E-state index < -0.39 is 0 Å². The fraction of sp³-hybridized carbons (Fsp3) is 0.667. The monoisotopic (exact) mass is 112 g/mol. The van der Waals surface area contributed by atoms with Crippen molar-refractivity contribution in [3.8, 4) is 0 Å². The molecule has 0 spiro atoms. The van der Waals surface area contributed by atoms with Crippen LogP contribution >= 0.6 is 0 Å². The molecule has 0 bridgehead atoms. The van der Waals surface area contributed by atoms with Crippen molar-refractivity contribution in [2.75, 3.05) is 13.1 Å². The topological polar surface area (TPSA) is 20.3 Å². The van der Waals surface area contributed by atoms with E-state index in [1.165, 1.54) is 0 Å². The van der Waals surface area contributed by atoms with Gasteiger partial charge in [-0.25, -0.2) is 0 Å². The van der Waals surface area contributed by atoms with Crippen molar-refractivity contribution in [3.05, 3.63) is 6.92 Å². The first-order valence-electron chi connectivity index (χ1n) is 2.91. The molecule has 0 aromatic heterocycles. The van der Waals surface area contributed by atoms with Gasteiger partial charge >= 0.3 is 0 Å². The van der Waals surface area contributed by atoms with E-state index in [-0.39, 0.29) is 5.91 Å². The van der Waals surface area contributed by atoms with Crippen molar-refractivity contribution in [1.82, 2.24) is 4.90 Å². The molecule has 0 N–H and O–H groups in total. The van der Waals surface area contributed by atoms with Crippen LogP contribution < -0.4 is 0 Å². The predicted molar refractivity (Wildman–Crippen MR) is 31.2 cm³/mol. The zero-order valence-corrected chi connectivity index (χ0v) is 4.89. The molecule has 0 atom stereocenters. The molecule has 8 heavy (non-hydrogen) atoms. The number of rotatable bonds is 0. The summed E-state index contributed by atoms with van der Waals surface area (Å²) >= 11 is 0. The molecule has 1 aliphatic heterocycles. The maximum atomic E-state index is 10.5.